The van der Waals surface area contributed by atoms with Gasteiger partial charge in [-0.25, -0.2) is 4.73 Å². The van der Waals surface area contributed by atoms with E-state index in [4.69, 9.17) is 0 Å². The van der Waals surface area contributed by atoms with Gasteiger partial charge in [-0.3, -0.25) is 4.90 Å². The molecule has 0 unspecified atom stereocenters. The first-order chi connectivity index (χ1) is 12.1. The van der Waals surface area contributed by atoms with Gasteiger partial charge in [-0.1, -0.05) is 30.3 Å². The van der Waals surface area contributed by atoms with Gasteiger partial charge in [0.2, 0.25) is 0 Å². The van der Waals surface area contributed by atoms with Crippen LogP contribution >= 0.6 is 0 Å². The fourth-order valence-electron chi connectivity index (χ4n) is 3.63. The molecule has 0 N–H and O–H groups in total. The number of fused-ring (bicyclic) bond motifs is 2. The third kappa shape index (κ3) is 2.90. The van der Waals surface area contributed by atoms with Crippen LogP contribution in [0.5, 0.6) is 0 Å². The van der Waals surface area contributed by atoms with E-state index in [1.54, 1.807) is 0 Å². The molecule has 1 aliphatic rings. The van der Waals surface area contributed by atoms with Crippen LogP contribution in [0.15, 0.2) is 42.5 Å². The molecular weight excluding hydrogens is 312 g/mol. The average Bonchev–Trinajstić information content (AvgIpc) is 3.10. The topological polar surface area (TPSA) is 47.0 Å². The molecule has 0 spiro atoms. The van der Waals surface area contributed by atoms with Gasteiger partial charge in [-0.05, 0) is 46.7 Å². The molecule has 0 amide bonds. The summed E-state index contributed by atoms with van der Waals surface area (Å²) in [7, 11) is 3.84. The fraction of sp³-hybridized carbons (Fsp3) is 0.350. The molecule has 5 nitrogen and oxygen atoms in total. The Labute approximate surface area is 147 Å². The summed E-state index contributed by atoms with van der Waals surface area (Å²) >= 11 is 0. The molecule has 0 saturated heterocycles. The predicted octanol–water partition coefficient (Wildman–Crippen LogP) is 1.86. The lowest BCUT2D eigenvalue weighted by atomic mass is 10.1. The summed E-state index contributed by atoms with van der Waals surface area (Å²) in [4.78, 5) is 1.94. The van der Waals surface area contributed by atoms with Crippen molar-refractivity contribution in [2.24, 2.45) is 7.05 Å². The predicted molar refractivity (Wildman–Crippen MR) is 97.3 cm³/mol. The van der Waals surface area contributed by atoms with Crippen molar-refractivity contribution >= 4 is 17.0 Å². The fourth-order valence-corrected chi connectivity index (χ4v) is 3.63. The number of rotatable bonds is 4. The monoisotopic (exact) mass is 335 g/mol. The number of hydrogen-bond acceptors (Lipinski definition) is 3. The van der Waals surface area contributed by atoms with Crippen molar-refractivity contribution in [1.82, 2.24) is 5.10 Å². The van der Waals surface area contributed by atoms with Crippen molar-refractivity contribution in [3.05, 3.63) is 64.4 Å². The number of aromatic nitrogens is 3. The maximum absolute atomic E-state index is 12.9. The van der Waals surface area contributed by atoms with Gasteiger partial charge in [0, 0.05) is 12.5 Å². The summed E-state index contributed by atoms with van der Waals surface area (Å²) in [5, 5.41) is 17.5. The van der Waals surface area contributed by atoms with Crippen molar-refractivity contribution in [2.45, 2.75) is 25.7 Å². The summed E-state index contributed by atoms with van der Waals surface area (Å²) < 4.78 is 2.82. The molecule has 1 heterocycles. The van der Waals surface area contributed by atoms with Gasteiger partial charge in [0.05, 0.1) is 13.6 Å². The van der Waals surface area contributed by atoms with Gasteiger partial charge in [0.25, 0.3) is 5.52 Å². The maximum Gasteiger partial charge on any atom is 0.461 e. The number of likely N-dealkylation sites (N-methyl/N-ethyl adjacent to an activating group) is 1. The van der Waals surface area contributed by atoms with Gasteiger partial charge in [0.1, 0.15) is 0 Å². The molecule has 0 fully saturated rings. The van der Waals surface area contributed by atoms with Crippen molar-refractivity contribution in [2.75, 3.05) is 18.5 Å². The van der Waals surface area contributed by atoms with E-state index < -0.39 is 0 Å². The van der Waals surface area contributed by atoms with Gasteiger partial charge < -0.3 is 5.21 Å². The van der Waals surface area contributed by atoms with E-state index in [1.165, 1.54) is 23.1 Å². The average molecular weight is 335 g/mol. The molecule has 5 heteroatoms. The molecule has 0 bridgehead atoms. The minimum atomic E-state index is 0.448. The molecule has 128 valence electrons. The Morgan fingerprint density at radius 3 is 2.48 bits per heavy atom. The Morgan fingerprint density at radius 2 is 1.76 bits per heavy atom. The SMILES string of the molecule is CN(CCc1ccccc1)c1n[n+](C)c2cc3c(cc2[n+]1[O-])CCC3. The van der Waals surface area contributed by atoms with E-state index >= 15 is 0 Å². The van der Waals surface area contributed by atoms with Crippen LogP contribution in [0.2, 0.25) is 0 Å². The number of hydrogen-bond donors (Lipinski definition) is 0. The van der Waals surface area contributed by atoms with Gasteiger partial charge in [-0.2, -0.15) is 0 Å². The maximum atomic E-state index is 12.9. The number of anilines is 1. The molecule has 0 atom stereocenters. The Morgan fingerprint density at radius 1 is 1.08 bits per heavy atom. The molecule has 1 aliphatic carbocycles. The Balaban J connectivity index is 1.67. The smallest absolute Gasteiger partial charge is 0.461 e. The van der Waals surface area contributed by atoms with E-state index in [2.05, 4.69) is 29.4 Å². The van der Waals surface area contributed by atoms with E-state index in [1.807, 2.05) is 41.9 Å². The Bertz CT molecular complexity index is 924. The van der Waals surface area contributed by atoms with Crippen LogP contribution < -0.4 is 14.3 Å². The van der Waals surface area contributed by atoms with Crippen LogP contribution in [0.25, 0.3) is 11.0 Å². The van der Waals surface area contributed by atoms with Crippen molar-refractivity contribution in [1.29, 1.82) is 0 Å². The van der Waals surface area contributed by atoms with Gasteiger partial charge >= 0.3 is 5.95 Å². The zero-order chi connectivity index (χ0) is 17.4. The first-order valence-corrected chi connectivity index (χ1v) is 8.84. The van der Waals surface area contributed by atoms with Crippen LogP contribution in [0.1, 0.15) is 23.1 Å². The second-order valence-corrected chi connectivity index (χ2v) is 6.84. The third-order valence-corrected chi connectivity index (χ3v) is 5.10. The molecule has 0 radical (unpaired) electrons. The van der Waals surface area contributed by atoms with E-state index in [0.29, 0.717) is 11.5 Å². The van der Waals surface area contributed by atoms with E-state index in [0.717, 1.165) is 36.1 Å². The minimum absolute atomic E-state index is 0.448. The van der Waals surface area contributed by atoms with Crippen LogP contribution in [-0.2, 0) is 26.3 Å². The second-order valence-electron chi connectivity index (χ2n) is 6.84. The third-order valence-electron chi connectivity index (χ3n) is 5.10. The zero-order valence-corrected chi connectivity index (χ0v) is 14.8. The molecule has 0 saturated carbocycles. The van der Waals surface area contributed by atoms with Gasteiger partial charge in [-0.15, -0.1) is 0 Å². The van der Waals surface area contributed by atoms with Crippen LogP contribution in [0.3, 0.4) is 0 Å². The lowest BCUT2D eigenvalue weighted by Crippen LogP contribution is -2.48. The van der Waals surface area contributed by atoms with Crippen LogP contribution in [0, 0.1) is 5.21 Å². The number of aryl methyl sites for hydroxylation is 3. The highest BCUT2D eigenvalue weighted by molar-refractivity contribution is 5.71. The largest absolute Gasteiger partial charge is 0.739 e. The standard InChI is InChI=1S/C20H23N4O/c1-22(12-11-15-7-4-3-5-8-15)20-21-23(2)18-13-16-9-6-10-17(16)14-19(18)24(20)25/h3-5,7-8,13-14H,6,9-12H2,1-2H3/q+1. The van der Waals surface area contributed by atoms with E-state index in [-0.39, 0.29) is 0 Å². The lowest BCUT2D eigenvalue weighted by Gasteiger charge is -2.16. The van der Waals surface area contributed by atoms with Crippen molar-refractivity contribution < 1.29 is 9.41 Å². The minimum Gasteiger partial charge on any atom is -0.739 e. The molecule has 1 aromatic heterocycles. The highest BCUT2D eigenvalue weighted by Crippen LogP contribution is 2.25. The molecule has 25 heavy (non-hydrogen) atoms. The summed E-state index contributed by atoms with van der Waals surface area (Å²) in [6.45, 7) is 0.746. The summed E-state index contributed by atoms with van der Waals surface area (Å²) in [5.74, 6) is 0.448. The first-order valence-electron chi connectivity index (χ1n) is 8.84. The second kappa shape index (κ2) is 6.31. The molecule has 2 aromatic carbocycles. The number of nitrogens with zero attached hydrogens (tertiary/aromatic N) is 4. The summed E-state index contributed by atoms with van der Waals surface area (Å²) in [6, 6.07) is 14.5. The quantitative estimate of drug-likeness (QED) is 0.540. The molecule has 0 aliphatic heterocycles. The summed E-state index contributed by atoms with van der Waals surface area (Å²) in [5.41, 5.74) is 5.53. The van der Waals surface area contributed by atoms with E-state index in [9.17, 15) is 5.21 Å². The Kier molecular flexibility index (Phi) is 3.99. The molecule has 4 rings (SSSR count). The number of benzene rings is 2. The first kappa shape index (κ1) is 15.8. The Hall–Kier alpha value is -2.69. The van der Waals surface area contributed by atoms with Crippen molar-refractivity contribution in [3.63, 3.8) is 0 Å². The highest BCUT2D eigenvalue weighted by Gasteiger charge is 2.26. The normalized spacial score (nSPS) is 13.2. The van der Waals surface area contributed by atoms with Gasteiger partial charge in [0.15, 0.2) is 17.7 Å². The summed E-state index contributed by atoms with van der Waals surface area (Å²) in [6.07, 6.45) is 4.22. The highest BCUT2D eigenvalue weighted by atomic mass is 16.5. The van der Waals surface area contributed by atoms with Crippen LogP contribution in [-0.4, -0.2) is 18.7 Å². The van der Waals surface area contributed by atoms with Crippen molar-refractivity contribution in [3.8, 4) is 0 Å². The molecule has 3 aromatic rings. The lowest BCUT2D eigenvalue weighted by molar-refractivity contribution is -0.724. The zero-order valence-electron chi connectivity index (χ0n) is 14.8. The molecular formula is C20H23N4O+. The van der Waals surface area contributed by atoms with Crippen LogP contribution in [0.4, 0.5) is 5.95 Å².